The van der Waals surface area contributed by atoms with Gasteiger partial charge in [0.15, 0.2) is 0 Å². The zero-order valence-electron chi connectivity index (χ0n) is 11.7. The molecule has 0 saturated heterocycles. The number of aryl methyl sites for hydroxylation is 1. The largest absolute Gasteiger partial charge is 0.399 e. The molecular weight excluding hydrogens is 288 g/mol. The van der Waals surface area contributed by atoms with Crippen molar-refractivity contribution < 1.29 is 13.5 Å². The van der Waals surface area contributed by atoms with Crippen molar-refractivity contribution >= 4 is 15.7 Å². The molecule has 0 saturated carbocycles. The highest BCUT2D eigenvalue weighted by atomic mass is 32.2. The summed E-state index contributed by atoms with van der Waals surface area (Å²) in [6.45, 7) is 1.67. The number of hydrogen-bond donors (Lipinski definition) is 3. The Kier molecular flexibility index (Phi) is 4.62. The average Bonchev–Trinajstić information content (AvgIpc) is 2.45. The fourth-order valence-electron chi connectivity index (χ4n) is 2.00. The van der Waals surface area contributed by atoms with Gasteiger partial charge in [0.2, 0.25) is 10.0 Å². The minimum atomic E-state index is -3.70. The molecule has 2 aromatic rings. The van der Waals surface area contributed by atoms with Crippen LogP contribution in [-0.2, 0) is 10.0 Å². The van der Waals surface area contributed by atoms with Crippen LogP contribution in [0.25, 0.3) is 0 Å². The van der Waals surface area contributed by atoms with E-state index in [2.05, 4.69) is 4.72 Å². The third kappa shape index (κ3) is 4.04. The number of hydrogen-bond acceptors (Lipinski definition) is 4. The molecule has 1 unspecified atom stereocenters. The molecule has 0 aromatic heterocycles. The summed E-state index contributed by atoms with van der Waals surface area (Å²) in [5, 5.41) is 9.99. The Morgan fingerprint density at radius 2 is 1.86 bits per heavy atom. The molecule has 0 spiro atoms. The zero-order valence-corrected chi connectivity index (χ0v) is 12.5. The van der Waals surface area contributed by atoms with Crippen molar-refractivity contribution in [3.8, 4) is 0 Å². The smallest absolute Gasteiger partial charge is 0.240 e. The Morgan fingerprint density at radius 1 is 1.19 bits per heavy atom. The normalized spacial score (nSPS) is 13.0. The molecule has 6 heteroatoms. The molecule has 0 radical (unpaired) electrons. The number of rotatable bonds is 5. The highest BCUT2D eigenvalue weighted by Gasteiger charge is 2.17. The minimum absolute atomic E-state index is 0.0970. The van der Waals surface area contributed by atoms with Crippen LogP contribution in [0.1, 0.15) is 17.2 Å². The van der Waals surface area contributed by atoms with E-state index in [9.17, 15) is 13.5 Å². The fraction of sp³-hybridized carbons (Fsp3) is 0.200. The molecule has 2 aromatic carbocycles. The van der Waals surface area contributed by atoms with Gasteiger partial charge in [0.25, 0.3) is 0 Å². The standard InChI is InChI=1S/C15H18N2O3S/c1-11-7-13(16)9-14(8-11)21(19,20)17-10-15(18)12-5-3-2-4-6-12/h2-9,15,17-18H,10,16H2,1H3. The Hall–Kier alpha value is -1.89. The van der Waals surface area contributed by atoms with Crippen LogP contribution >= 0.6 is 0 Å². The Balaban J connectivity index is 2.11. The van der Waals surface area contributed by atoms with E-state index in [4.69, 9.17) is 5.73 Å². The second-order valence-electron chi connectivity index (χ2n) is 4.86. The molecule has 21 heavy (non-hydrogen) atoms. The predicted molar refractivity (Wildman–Crippen MR) is 82.2 cm³/mol. The van der Waals surface area contributed by atoms with Crippen LogP contribution in [0.15, 0.2) is 53.4 Å². The molecule has 112 valence electrons. The number of nitrogens with two attached hydrogens (primary N) is 1. The third-order valence-corrected chi connectivity index (χ3v) is 4.44. The first-order valence-corrected chi connectivity index (χ1v) is 7.96. The maximum atomic E-state index is 12.2. The van der Waals surface area contributed by atoms with Gasteiger partial charge < -0.3 is 10.8 Å². The second-order valence-corrected chi connectivity index (χ2v) is 6.62. The lowest BCUT2D eigenvalue weighted by Gasteiger charge is -2.13. The van der Waals surface area contributed by atoms with Crippen LogP contribution in [0.3, 0.4) is 0 Å². The van der Waals surface area contributed by atoms with Crippen molar-refractivity contribution in [3.63, 3.8) is 0 Å². The maximum absolute atomic E-state index is 12.2. The molecule has 0 bridgehead atoms. The van der Waals surface area contributed by atoms with Gasteiger partial charge in [-0.2, -0.15) is 0 Å². The number of aliphatic hydroxyl groups excluding tert-OH is 1. The quantitative estimate of drug-likeness (QED) is 0.731. The Morgan fingerprint density at radius 3 is 2.48 bits per heavy atom. The fourth-order valence-corrected chi connectivity index (χ4v) is 3.17. The molecule has 0 heterocycles. The van der Waals surface area contributed by atoms with Crippen LogP contribution < -0.4 is 10.5 Å². The summed E-state index contributed by atoms with van der Waals surface area (Å²) in [5.41, 5.74) is 7.47. The number of nitrogens with one attached hydrogen (secondary N) is 1. The monoisotopic (exact) mass is 306 g/mol. The van der Waals surface area contributed by atoms with Crippen LogP contribution in [0.5, 0.6) is 0 Å². The zero-order chi connectivity index (χ0) is 15.5. The first kappa shape index (κ1) is 15.5. The molecular formula is C15H18N2O3S. The van der Waals surface area contributed by atoms with Crippen molar-refractivity contribution in [2.75, 3.05) is 12.3 Å². The van der Waals surface area contributed by atoms with Crippen molar-refractivity contribution in [2.45, 2.75) is 17.9 Å². The van der Waals surface area contributed by atoms with Gasteiger partial charge in [0.1, 0.15) is 0 Å². The predicted octanol–water partition coefficient (Wildman–Crippen LogP) is 1.59. The SMILES string of the molecule is Cc1cc(N)cc(S(=O)(=O)NCC(O)c2ccccc2)c1. The van der Waals surface area contributed by atoms with Crippen molar-refractivity contribution in [2.24, 2.45) is 0 Å². The van der Waals surface area contributed by atoms with E-state index < -0.39 is 16.1 Å². The lowest BCUT2D eigenvalue weighted by Crippen LogP contribution is -2.28. The number of benzene rings is 2. The van der Waals surface area contributed by atoms with E-state index in [0.717, 1.165) is 5.56 Å². The summed E-state index contributed by atoms with van der Waals surface area (Å²) in [4.78, 5) is 0.0975. The van der Waals surface area contributed by atoms with Gasteiger partial charge in [0, 0.05) is 12.2 Å². The Bertz CT molecular complexity index is 695. The summed E-state index contributed by atoms with van der Waals surface area (Å²) in [6.07, 6.45) is -0.900. The lowest BCUT2D eigenvalue weighted by atomic mass is 10.1. The first-order valence-electron chi connectivity index (χ1n) is 6.48. The van der Waals surface area contributed by atoms with Crippen molar-refractivity contribution in [1.82, 2.24) is 4.72 Å². The van der Waals surface area contributed by atoms with Gasteiger partial charge in [-0.3, -0.25) is 0 Å². The van der Waals surface area contributed by atoms with Crippen LogP contribution in [-0.4, -0.2) is 20.1 Å². The summed E-state index contributed by atoms with van der Waals surface area (Å²) < 4.78 is 26.8. The van der Waals surface area contributed by atoms with Crippen molar-refractivity contribution in [1.29, 1.82) is 0 Å². The molecule has 2 rings (SSSR count). The van der Waals surface area contributed by atoms with Gasteiger partial charge in [-0.1, -0.05) is 30.3 Å². The number of sulfonamides is 1. The summed E-state index contributed by atoms with van der Waals surface area (Å²) in [6, 6.07) is 13.5. The number of anilines is 1. The summed E-state index contributed by atoms with van der Waals surface area (Å²) in [5.74, 6) is 0. The summed E-state index contributed by atoms with van der Waals surface area (Å²) >= 11 is 0. The molecule has 5 nitrogen and oxygen atoms in total. The molecule has 0 aliphatic heterocycles. The third-order valence-electron chi connectivity index (χ3n) is 3.03. The van der Waals surface area contributed by atoms with E-state index in [1.54, 1.807) is 37.3 Å². The summed E-state index contributed by atoms with van der Waals surface area (Å²) in [7, 11) is -3.70. The molecule has 0 aliphatic carbocycles. The van der Waals surface area contributed by atoms with Gasteiger partial charge in [-0.05, 0) is 36.2 Å². The van der Waals surface area contributed by atoms with Gasteiger partial charge in [-0.25, -0.2) is 13.1 Å². The van der Waals surface area contributed by atoms with Crippen LogP contribution in [0, 0.1) is 6.92 Å². The van der Waals surface area contributed by atoms with E-state index in [1.807, 2.05) is 6.07 Å². The van der Waals surface area contributed by atoms with Gasteiger partial charge in [0.05, 0.1) is 11.0 Å². The van der Waals surface area contributed by atoms with Crippen LogP contribution in [0.4, 0.5) is 5.69 Å². The van der Waals surface area contributed by atoms with E-state index in [0.29, 0.717) is 11.3 Å². The minimum Gasteiger partial charge on any atom is -0.399 e. The molecule has 1 atom stereocenters. The first-order chi connectivity index (χ1) is 9.88. The molecule has 0 fully saturated rings. The number of aliphatic hydroxyl groups is 1. The highest BCUT2D eigenvalue weighted by molar-refractivity contribution is 7.89. The maximum Gasteiger partial charge on any atom is 0.240 e. The molecule has 0 amide bonds. The van der Waals surface area contributed by atoms with Gasteiger partial charge >= 0.3 is 0 Å². The van der Waals surface area contributed by atoms with Gasteiger partial charge in [-0.15, -0.1) is 0 Å². The second kappa shape index (κ2) is 6.26. The average molecular weight is 306 g/mol. The molecule has 0 aliphatic rings. The lowest BCUT2D eigenvalue weighted by molar-refractivity contribution is 0.182. The topological polar surface area (TPSA) is 92.4 Å². The van der Waals surface area contributed by atoms with E-state index >= 15 is 0 Å². The van der Waals surface area contributed by atoms with E-state index in [-0.39, 0.29) is 11.4 Å². The van der Waals surface area contributed by atoms with Crippen molar-refractivity contribution in [3.05, 3.63) is 59.7 Å². The molecule has 4 N–H and O–H groups in total. The Labute approximate surface area is 124 Å². The van der Waals surface area contributed by atoms with Crippen LogP contribution in [0.2, 0.25) is 0 Å². The van der Waals surface area contributed by atoms with E-state index in [1.165, 1.54) is 12.1 Å². The highest BCUT2D eigenvalue weighted by Crippen LogP contribution is 2.17. The number of nitrogen functional groups attached to an aromatic ring is 1.